The Bertz CT molecular complexity index is 975. The van der Waals surface area contributed by atoms with Gasteiger partial charge in [0.05, 0.1) is 0 Å². The molecule has 1 aliphatic heterocycles. The van der Waals surface area contributed by atoms with Crippen molar-refractivity contribution in [2.45, 2.75) is 30.8 Å². The monoisotopic (exact) mass is 402 g/mol. The average Bonchev–Trinajstić information content (AvgIpc) is 2.78. The third-order valence-corrected chi connectivity index (χ3v) is 6.64. The van der Waals surface area contributed by atoms with E-state index in [9.17, 15) is 4.79 Å². The highest BCUT2D eigenvalue weighted by Crippen LogP contribution is 2.32. The Balaban J connectivity index is 1.47. The van der Waals surface area contributed by atoms with Gasteiger partial charge in [0.25, 0.3) is 5.91 Å². The third kappa shape index (κ3) is 4.55. The molecule has 0 N–H and O–H groups in total. The summed E-state index contributed by atoms with van der Waals surface area (Å²) in [5.41, 5.74) is 4.68. The van der Waals surface area contributed by atoms with Crippen LogP contribution >= 0.6 is 11.9 Å². The Kier molecular flexibility index (Phi) is 6.02. The molecule has 3 nitrogen and oxygen atoms in total. The summed E-state index contributed by atoms with van der Waals surface area (Å²) in [5.74, 6) is 0.115. The highest BCUT2D eigenvalue weighted by Gasteiger charge is 2.22. The van der Waals surface area contributed by atoms with Gasteiger partial charge in [0, 0.05) is 29.6 Å². The normalized spacial score (nSPS) is 14.5. The van der Waals surface area contributed by atoms with Crippen LogP contribution in [0, 0.1) is 0 Å². The molecule has 3 aromatic carbocycles. The number of hydrogen-bond acceptors (Lipinski definition) is 3. The molecule has 0 fully saturated rings. The number of benzene rings is 3. The van der Waals surface area contributed by atoms with Crippen molar-refractivity contribution in [3.05, 3.63) is 101 Å². The van der Waals surface area contributed by atoms with Gasteiger partial charge in [-0.1, -0.05) is 54.6 Å². The molecule has 0 aliphatic carbocycles. The smallest absolute Gasteiger partial charge is 0.254 e. The summed E-state index contributed by atoms with van der Waals surface area (Å²) in [6, 6.07) is 27.1. The first-order valence-electron chi connectivity index (χ1n) is 10.0. The number of amides is 1. The topological polar surface area (TPSA) is 23.6 Å². The van der Waals surface area contributed by atoms with Crippen molar-refractivity contribution in [3.8, 4) is 0 Å². The van der Waals surface area contributed by atoms with E-state index < -0.39 is 0 Å². The van der Waals surface area contributed by atoms with Gasteiger partial charge in [-0.25, -0.2) is 4.31 Å². The summed E-state index contributed by atoms with van der Waals surface area (Å²) in [4.78, 5) is 16.0. The van der Waals surface area contributed by atoms with Crippen molar-refractivity contribution in [1.82, 2.24) is 9.21 Å². The van der Waals surface area contributed by atoms with E-state index in [1.807, 2.05) is 35.2 Å². The lowest BCUT2D eigenvalue weighted by atomic mass is 9.99. The van der Waals surface area contributed by atoms with E-state index in [1.54, 1.807) is 11.9 Å². The number of carbonyl (C=O) groups is 1. The van der Waals surface area contributed by atoms with E-state index >= 15 is 0 Å². The highest BCUT2D eigenvalue weighted by molar-refractivity contribution is 7.97. The first-order chi connectivity index (χ1) is 14.1. The van der Waals surface area contributed by atoms with Crippen molar-refractivity contribution in [3.63, 3.8) is 0 Å². The molecule has 0 saturated heterocycles. The molecule has 1 aliphatic rings. The summed E-state index contributed by atoms with van der Waals surface area (Å²) in [6.45, 7) is 3.68. The molecule has 0 aromatic heterocycles. The molecular formula is C25H26N2OS. The van der Waals surface area contributed by atoms with Crippen LogP contribution in [0.4, 0.5) is 0 Å². The lowest BCUT2D eigenvalue weighted by Crippen LogP contribution is -2.35. The molecule has 29 heavy (non-hydrogen) atoms. The molecule has 0 spiro atoms. The highest BCUT2D eigenvalue weighted by atomic mass is 32.2. The van der Waals surface area contributed by atoms with Gasteiger partial charge in [0.2, 0.25) is 0 Å². The van der Waals surface area contributed by atoms with Gasteiger partial charge in [-0.3, -0.25) is 4.79 Å². The summed E-state index contributed by atoms with van der Waals surface area (Å²) >= 11 is 1.76. The van der Waals surface area contributed by atoms with Gasteiger partial charge in [-0.15, -0.1) is 0 Å². The van der Waals surface area contributed by atoms with Gasteiger partial charge in [-0.05, 0) is 73.3 Å². The Labute approximate surface area is 177 Å². The lowest BCUT2D eigenvalue weighted by Gasteiger charge is -2.30. The number of fused-ring (bicyclic) bond motifs is 1. The SMILES string of the molecule is CC(c1ccccc1)N(C)Sc1ccc2c(c1)CN(C(=O)c1ccccc1)CC2. The summed E-state index contributed by atoms with van der Waals surface area (Å²) in [7, 11) is 2.13. The number of hydrogen-bond donors (Lipinski definition) is 0. The largest absolute Gasteiger partial charge is 0.334 e. The van der Waals surface area contributed by atoms with Gasteiger partial charge in [0.15, 0.2) is 0 Å². The molecule has 4 rings (SSSR count). The van der Waals surface area contributed by atoms with E-state index in [4.69, 9.17) is 0 Å². The first kappa shape index (κ1) is 19.7. The fraction of sp³-hybridized carbons (Fsp3) is 0.240. The minimum atomic E-state index is 0.115. The predicted molar refractivity (Wildman–Crippen MR) is 120 cm³/mol. The zero-order valence-corrected chi connectivity index (χ0v) is 17.7. The molecule has 0 saturated carbocycles. The van der Waals surface area contributed by atoms with Crippen LogP contribution in [0.3, 0.4) is 0 Å². The van der Waals surface area contributed by atoms with Crippen molar-refractivity contribution in [2.24, 2.45) is 0 Å². The molecule has 3 aromatic rings. The second kappa shape index (κ2) is 8.85. The number of rotatable bonds is 5. The molecule has 1 atom stereocenters. The van der Waals surface area contributed by atoms with Crippen LogP contribution in [0.5, 0.6) is 0 Å². The molecule has 0 radical (unpaired) electrons. The minimum absolute atomic E-state index is 0.115. The van der Waals surface area contributed by atoms with E-state index in [0.29, 0.717) is 12.6 Å². The first-order valence-corrected chi connectivity index (χ1v) is 10.8. The number of nitrogens with zero attached hydrogens (tertiary/aromatic N) is 2. The van der Waals surface area contributed by atoms with E-state index in [1.165, 1.54) is 21.6 Å². The fourth-order valence-electron chi connectivity index (χ4n) is 3.71. The zero-order valence-electron chi connectivity index (χ0n) is 16.9. The average molecular weight is 403 g/mol. The molecule has 4 heteroatoms. The third-order valence-electron chi connectivity index (χ3n) is 5.57. The van der Waals surface area contributed by atoms with E-state index in [0.717, 1.165) is 18.5 Å². The summed E-state index contributed by atoms with van der Waals surface area (Å²) in [5, 5.41) is 0. The summed E-state index contributed by atoms with van der Waals surface area (Å²) < 4.78 is 2.28. The van der Waals surface area contributed by atoms with Gasteiger partial charge in [-0.2, -0.15) is 0 Å². The maximum atomic E-state index is 12.8. The van der Waals surface area contributed by atoms with E-state index in [-0.39, 0.29) is 5.91 Å². The Morgan fingerprint density at radius 1 is 0.966 bits per heavy atom. The fourth-order valence-corrected chi connectivity index (χ4v) is 4.65. The lowest BCUT2D eigenvalue weighted by molar-refractivity contribution is 0.0734. The molecular weight excluding hydrogens is 376 g/mol. The van der Waals surface area contributed by atoms with Crippen LogP contribution in [0.1, 0.15) is 40.0 Å². The van der Waals surface area contributed by atoms with Crippen molar-refractivity contribution < 1.29 is 4.79 Å². The van der Waals surface area contributed by atoms with Gasteiger partial charge in [0.1, 0.15) is 0 Å². The van der Waals surface area contributed by atoms with Crippen molar-refractivity contribution in [2.75, 3.05) is 13.6 Å². The molecule has 0 bridgehead atoms. The maximum absolute atomic E-state index is 12.8. The van der Waals surface area contributed by atoms with Crippen LogP contribution in [-0.4, -0.2) is 28.7 Å². The Morgan fingerprint density at radius 3 is 2.38 bits per heavy atom. The standard InChI is InChI=1S/C25H26N2OS/c1-19(20-9-5-3-6-10-20)26(2)29-24-14-13-21-15-16-27(18-23(21)17-24)25(28)22-11-7-4-8-12-22/h3-14,17,19H,15-16,18H2,1-2H3. The Hall–Kier alpha value is -2.56. The quantitative estimate of drug-likeness (QED) is 0.520. The van der Waals surface area contributed by atoms with Crippen molar-refractivity contribution >= 4 is 17.9 Å². The van der Waals surface area contributed by atoms with E-state index in [2.05, 4.69) is 66.8 Å². The number of carbonyl (C=O) groups excluding carboxylic acids is 1. The second-order valence-electron chi connectivity index (χ2n) is 7.50. The maximum Gasteiger partial charge on any atom is 0.254 e. The van der Waals surface area contributed by atoms with Crippen LogP contribution in [0.25, 0.3) is 0 Å². The predicted octanol–water partition coefficient (Wildman–Crippen LogP) is 5.59. The second-order valence-corrected chi connectivity index (χ2v) is 8.73. The van der Waals surface area contributed by atoms with Crippen molar-refractivity contribution in [1.29, 1.82) is 0 Å². The van der Waals surface area contributed by atoms with Crippen LogP contribution in [-0.2, 0) is 13.0 Å². The van der Waals surface area contributed by atoms with Crippen LogP contribution in [0.15, 0.2) is 83.8 Å². The van der Waals surface area contributed by atoms with Crippen LogP contribution in [0.2, 0.25) is 0 Å². The zero-order chi connectivity index (χ0) is 20.2. The molecule has 1 amide bonds. The summed E-state index contributed by atoms with van der Waals surface area (Å²) in [6.07, 6.45) is 0.912. The molecule has 1 heterocycles. The molecule has 148 valence electrons. The van der Waals surface area contributed by atoms with Crippen LogP contribution < -0.4 is 0 Å². The Morgan fingerprint density at radius 2 is 1.66 bits per heavy atom. The van der Waals surface area contributed by atoms with Gasteiger partial charge < -0.3 is 4.90 Å². The molecule has 1 unspecified atom stereocenters. The minimum Gasteiger partial charge on any atom is -0.334 e. The van der Waals surface area contributed by atoms with Gasteiger partial charge >= 0.3 is 0 Å².